The zero-order valence-electron chi connectivity index (χ0n) is 10.9. The van der Waals surface area contributed by atoms with Gasteiger partial charge in [-0.2, -0.15) is 8.42 Å². The normalized spacial score (nSPS) is 12.9. The fourth-order valence-corrected chi connectivity index (χ4v) is 2.86. The van der Waals surface area contributed by atoms with E-state index < -0.39 is 27.8 Å². The maximum atomic E-state index is 12.1. The molecule has 0 aliphatic rings. The summed E-state index contributed by atoms with van der Waals surface area (Å²) in [7, 11) is -3.36. The smallest absolute Gasteiger partial charge is 0.397 e. The summed E-state index contributed by atoms with van der Waals surface area (Å²) in [6.45, 7) is -0.429. The summed E-state index contributed by atoms with van der Waals surface area (Å²) in [5.41, 5.74) is 6.01. The van der Waals surface area contributed by atoms with E-state index in [4.69, 9.17) is 19.8 Å². The molecule has 0 heterocycles. The number of benzene rings is 1. The summed E-state index contributed by atoms with van der Waals surface area (Å²) >= 11 is 0. The quantitative estimate of drug-likeness (QED) is 0.538. The van der Waals surface area contributed by atoms with Crippen LogP contribution in [0.3, 0.4) is 0 Å². The lowest BCUT2D eigenvalue weighted by Crippen LogP contribution is -2.12. The van der Waals surface area contributed by atoms with Crippen molar-refractivity contribution in [2.75, 3.05) is 32.3 Å². The largest absolute Gasteiger partial charge is 0.495 e. The van der Waals surface area contributed by atoms with Gasteiger partial charge in [-0.25, -0.2) is 4.18 Å². The predicted molar refractivity (Wildman–Crippen MR) is 72.7 cm³/mol. The zero-order valence-corrected chi connectivity index (χ0v) is 12.5. The van der Waals surface area contributed by atoms with Crippen molar-refractivity contribution in [3.63, 3.8) is 0 Å². The summed E-state index contributed by atoms with van der Waals surface area (Å²) in [6.07, 6.45) is 0. The number of ether oxygens (including phenoxy) is 2. The van der Waals surface area contributed by atoms with Gasteiger partial charge in [-0.15, -0.1) is 0 Å². The minimum Gasteiger partial charge on any atom is -0.495 e. The van der Waals surface area contributed by atoms with Crippen LogP contribution < -0.4 is 15.2 Å². The molecule has 20 heavy (non-hydrogen) atoms. The molecule has 114 valence electrons. The number of rotatable bonds is 7. The Morgan fingerprint density at radius 1 is 1.25 bits per heavy atom. The van der Waals surface area contributed by atoms with Crippen LogP contribution in [0.15, 0.2) is 17.0 Å². The molecule has 10 heteroatoms. The van der Waals surface area contributed by atoms with E-state index in [0.29, 0.717) is 11.4 Å². The van der Waals surface area contributed by atoms with Crippen molar-refractivity contribution in [3.05, 3.63) is 12.1 Å². The first-order valence-corrected chi connectivity index (χ1v) is 7.98. The molecule has 1 aromatic rings. The maximum Gasteiger partial charge on any atom is 0.397 e. The van der Waals surface area contributed by atoms with Gasteiger partial charge in [0, 0.05) is 12.1 Å². The SMILES string of the molecule is COc1cc(S(=O)CCOS(=O)(=O)O)c(OC)cc1N. The van der Waals surface area contributed by atoms with Crippen molar-refractivity contribution >= 4 is 26.9 Å². The van der Waals surface area contributed by atoms with Crippen LogP contribution in [0, 0.1) is 0 Å². The van der Waals surface area contributed by atoms with E-state index in [1.807, 2.05) is 0 Å². The van der Waals surface area contributed by atoms with Crippen LogP contribution in [-0.2, 0) is 25.4 Å². The fourth-order valence-electron chi connectivity index (χ4n) is 1.40. The molecule has 0 aliphatic carbocycles. The summed E-state index contributed by atoms with van der Waals surface area (Å²) in [4.78, 5) is 0.289. The Balaban J connectivity index is 2.91. The van der Waals surface area contributed by atoms with Crippen molar-refractivity contribution < 1.29 is 30.8 Å². The summed E-state index contributed by atoms with van der Waals surface area (Å²) in [5.74, 6) is 0.460. The first-order chi connectivity index (χ1) is 9.28. The van der Waals surface area contributed by atoms with E-state index in [0.717, 1.165) is 0 Å². The topological polar surface area (TPSA) is 125 Å². The standard InChI is InChI=1S/C10H15NO7S2/c1-16-8-6-10(9(17-2)5-7(8)11)19(12)4-3-18-20(13,14)15/h5-6H,3-4,11H2,1-2H3,(H,13,14,15). The summed E-state index contributed by atoms with van der Waals surface area (Å²) in [6, 6.07) is 2.90. The lowest BCUT2D eigenvalue weighted by molar-refractivity contribution is 0.284. The molecule has 0 aliphatic heterocycles. The second kappa shape index (κ2) is 6.88. The molecule has 1 atom stereocenters. The minimum atomic E-state index is -4.55. The van der Waals surface area contributed by atoms with Gasteiger partial charge >= 0.3 is 10.4 Å². The van der Waals surface area contributed by atoms with Gasteiger partial charge in [-0.3, -0.25) is 8.76 Å². The molecule has 1 unspecified atom stereocenters. The highest BCUT2D eigenvalue weighted by Crippen LogP contribution is 2.32. The number of hydrogen-bond donors (Lipinski definition) is 2. The Hall–Kier alpha value is -1.36. The molecule has 0 bridgehead atoms. The Kier molecular flexibility index (Phi) is 5.74. The number of methoxy groups -OCH3 is 2. The fraction of sp³-hybridized carbons (Fsp3) is 0.400. The van der Waals surface area contributed by atoms with Crippen molar-refractivity contribution in [1.82, 2.24) is 0 Å². The van der Waals surface area contributed by atoms with Crippen molar-refractivity contribution in [3.8, 4) is 11.5 Å². The third-order valence-electron chi connectivity index (χ3n) is 2.26. The Morgan fingerprint density at radius 3 is 2.35 bits per heavy atom. The molecular weight excluding hydrogens is 310 g/mol. The molecule has 0 amide bonds. The highest BCUT2D eigenvalue weighted by Gasteiger charge is 2.16. The zero-order chi connectivity index (χ0) is 15.3. The van der Waals surface area contributed by atoms with Gasteiger partial charge in [0.05, 0.1) is 48.0 Å². The van der Waals surface area contributed by atoms with Crippen LogP contribution in [0.25, 0.3) is 0 Å². The second-order valence-electron chi connectivity index (χ2n) is 3.54. The van der Waals surface area contributed by atoms with Crippen LogP contribution >= 0.6 is 0 Å². The summed E-state index contributed by atoms with van der Waals surface area (Å²) in [5, 5.41) is 0. The van der Waals surface area contributed by atoms with Gasteiger partial charge in [0.25, 0.3) is 0 Å². The maximum absolute atomic E-state index is 12.1. The number of nitrogens with two attached hydrogens (primary N) is 1. The van der Waals surface area contributed by atoms with Gasteiger partial charge in [0.2, 0.25) is 0 Å². The third-order valence-corrected chi connectivity index (χ3v) is 4.07. The van der Waals surface area contributed by atoms with Crippen LogP contribution in [0.2, 0.25) is 0 Å². The van der Waals surface area contributed by atoms with E-state index in [9.17, 15) is 12.6 Å². The molecule has 1 aromatic carbocycles. The van der Waals surface area contributed by atoms with E-state index in [2.05, 4.69) is 4.18 Å². The first kappa shape index (κ1) is 16.7. The van der Waals surface area contributed by atoms with E-state index >= 15 is 0 Å². The average molecular weight is 325 g/mol. The predicted octanol–water partition coefficient (Wildman–Crippen LogP) is 0.213. The molecule has 3 N–H and O–H groups in total. The number of anilines is 1. The van der Waals surface area contributed by atoms with Crippen molar-refractivity contribution in [1.29, 1.82) is 0 Å². The van der Waals surface area contributed by atoms with Gasteiger partial charge in [-0.1, -0.05) is 0 Å². The number of hydrogen-bond acceptors (Lipinski definition) is 7. The lowest BCUT2D eigenvalue weighted by Gasteiger charge is -2.12. The van der Waals surface area contributed by atoms with Gasteiger partial charge in [0.15, 0.2) is 0 Å². The molecule has 0 aromatic heterocycles. The molecule has 0 saturated carbocycles. The molecule has 0 radical (unpaired) electrons. The van der Waals surface area contributed by atoms with Crippen LogP contribution in [0.4, 0.5) is 5.69 Å². The van der Waals surface area contributed by atoms with Gasteiger partial charge in [0.1, 0.15) is 11.5 Å². The van der Waals surface area contributed by atoms with Crippen molar-refractivity contribution in [2.24, 2.45) is 0 Å². The summed E-state index contributed by atoms with van der Waals surface area (Å²) < 4.78 is 55.4. The second-order valence-corrected chi connectivity index (χ2v) is 6.17. The Bertz CT molecular complexity index is 600. The molecular formula is C10H15NO7S2. The lowest BCUT2D eigenvalue weighted by atomic mass is 10.3. The van der Waals surface area contributed by atoms with E-state index in [-0.39, 0.29) is 16.4 Å². The number of nitrogen functional groups attached to an aromatic ring is 1. The minimum absolute atomic E-state index is 0.150. The highest BCUT2D eigenvalue weighted by atomic mass is 32.3. The molecule has 1 rings (SSSR count). The molecule has 0 fully saturated rings. The first-order valence-electron chi connectivity index (χ1n) is 5.30. The van der Waals surface area contributed by atoms with E-state index in [1.54, 1.807) is 0 Å². The van der Waals surface area contributed by atoms with Gasteiger partial charge in [-0.05, 0) is 0 Å². The van der Waals surface area contributed by atoms with Gasteiger partial charge < -0.3 is 15.2 Å². The van der Waals surface area contributed by atoms with E-state index in [1.165, 1.54) is 26.4 Å². The van der Waals surface area contributed by atoms with Crippen LogP contribution in [0.1, 0.15) is 0 Å². The monoisotopic (exact) mass is 325 g/mol. The van der Waals surface area contributed by atoms with Crippen LogP contribution in [-0.4, -0.2) is 43.8 Å². The Morgan fingerprint density at radius 2 is 1.85 bits per heavy atom. The van der Waals surface area contributed by atoms with Crippen molar-refractivity contribution in [2.45, 2.75) is 4.90 Å². The highest BCUT2D eigenvalue weighted by molar-refractivity contribution is 7.85. The van der Waals surface area contributed by atoms with Crippen LogP contribution in [0.5, 0.6) is 11.5 Å². The third kappa shape index (κ3) is 4.63. The molecule has 8 nitrogen and oxygen atoms in total. The Labute approximate surface area is 119 Å². The molecule has 0 spiro atoms. The molecule has 0 saturated heterocycles. The average Bonchev–Trinajstić information content (AvgIpc) is 2.36.